The molecule has 0 amide bonds. The molecule has 0 saturated heterocycles. The molecular weight excluding hydrogens is 428 g/mol. The molecule has 0 aliphatic carbocycles. The van der Waals surface area contributed by atoms with Crippen LogP contribution in [-0.2, 0) is 6.54 Å². The van der Waals surface area contributed by atoms with E-state index in [1.807, 2.05) is 24.3 Å². The summed E-state index contributed by atoms with van der Waals surface area (Å²) in [6, 6.07) is 12.0. The van der Waals surface area contributed by atoms with Crippen LogP contribution in [0.25, 0.3) is 5.70 Å². The van der Waals surface area contributed by atoms with E-state index in [1.54, 1.807) is 14.2 Å². The van der Waals surface area contributed by atoms with Crippen molar-refractivity contribution < 1.29 is 9.47 Å². The van der Waals surface area contributed by atoms with Crippen molar-refractivity contribution in [2.24, 2.45) is 11.7 Å². The first-order valence-corrected chi connectivity index (χ1v) is 10.4. The number of benzene rings is 2. The maximum absolute atomic E-state index is 6.55. The van der Waals surface area contributed by atoms with Gasteiger partial charge in [-0.15, -0.1) is 0 Å². The fourth-order valence-electron chi connectivity index (χ4n) is 2.93. The molecule has 0 unspecified atom stereocenters. The largest absolute Gasteiger partial charge is 0.497 e. The van der Waals surface area contributed by atoms with Crippen LogP contribution in [0.4, 0.5) is 0 Å². The van der Waals surface area contributed by atoms with Crippen LogP contribution in [0.1, 0.15) is 37.5 Å². The number of allylic oxidation sites excluding steroid dienone is 2. The molecule has 29 heavy (non-hydrogen) atoms. The number of rotatable bonds is 8. The topological polar surface area (TPSA) is 56.5 Å². The van der Waals surface area contributed by atoms with E-state index in [2.05, 4.69) is 67.2 Å². The van der Waals surface area contributed by atoms with Gasteiger partial charge in [0, 0.05) is 28.2 Å². The van der Waals surface area contributed by atoms with Crippen LogP contribution < -0.4 is 20.5 Å². The van der Waals surface area contributed by atoms with E-state index < -0.39 is 0 Å². The van der Waals surface area contributed by atoms with Gasteiger partial charge in [0.15, 0.2) is 0 Å². The van der Waals surface area contributed by atoms with Gasteiger partial charge < -0.3 is 20.5 Å². The molecule has 0 bridgehead atoms. The number of aryl methyl sites for hydroxylation is 1. The van der Waals surface area contributed by atoms with Gasteiger partial charge >= 0.3 is 0 Å². The van der Waals surface area contributed by atoms with Crippen LogP contribution >= 0.6 is 15.9 Å². The van der Waals surface area contributed by atoms with Crippen LogP contribution in [0.5, 0.6) is 11.5 Å². The van der Waals surface area contributed by atoms with Gasteiger partial charge in [0.2, 0.25) is 0 Å². The molecule has 0 radical (unpaired) electrons. The Labute approximate surface area is 182 Å². The first kappa shape index (κ1) is 22.9. The maximum Gasteiger partial charge on any atom is 0.127 e. The lowest BCUT2D eigenvalue weighted by atomic mass is 10.0. The highest BCUT2D eigenvalue weighted by atomic mass is 79.9. The summed E-state index contributed by atoms with van der Waals surface area (Å²) < 4.78 is 11.9. The van der Waals surface area contributed by atoms with E-state index >= 15 is 0 Å². The van der Waals surface area contributed by atoms with Crippen molar-refractivity contribution in [3.63, 3.8) is 0 Å². The van der Waals surface area contributed by atoms with Gasteiger partial charge in [0.05, 0.1) is 25.6 Å². The van der Waals surface area contributed by atoms with Crippen molar-refractivity contribution in [1.29, 1.82) is 0 Å². The molecule has 0 aliphatic heterocycles. The molecule has 4 nitrogen and oxygen atoms in total. The zero-order chi connectivity index (χ0) is 21.6. The second-order valence-electron chi connectivity index (χ2n) is 7.36. The fraction of sp³-hybridized carbons (Fsp3) is 0.333. The second-order valence-corrected chi connectivity index (χ2v) is 8.28. The number of ether oxygens (including phenoxy) is 2. The lowest BCUT2D eigenvalue weighted by molar-refractivity contribution is 0.390. The van der Waals surface area contributed by atoms with Crippen molar-refractivity contribution in [2.45, 2.75) is 34.2 Å². The Bertz CT molecular complexity index is 917. The van der Waals surface area contributed by atoms with Crippen molar-refractivity contribution >= 4 is 21.6 Å². The molecule has 2 rings (SSSR count). The average molecular weight is 459 g/mol. The van der Waals surface area contributed by atoms with Crippen LogP contribution in [0.2, 0.25) is 0 Å². The summed E-state index contributed by atoms with van der Waals surface area (Å²) >= 11 is 3.54. The monoisotopic (exact) mass is 458 g/mol. The fourth-order valence-corrected chi connectivity index (χ4v) is 3.40. The standard InChI is InChI=1S/C24H31BrN2O2/c1-15(2)16(3)12-22(26)24(21-10-8-19(25)11-17(21)4)27-14-18-7-9-20(28-5)13-23(18)29-6/h7-13,15,27H,14,26H2,1-6H3/b16-12+,24-22-. The molecule has 0 heterocycles. The van der Waals surface area contributed by atoms with Crippen molar-refractivity contribution in [3.8, 4) is 11.5 Å². The highest BCUT2D eigenvalue weighted by Crippen LogP contribution is 2.27. The minimum atomic E-state index is 0.433. The van der Waals surface area contributed by atoms with Crippen LogP contribution in [0.15, 0.2) is 58.2 Å². The molecular formula is C24H31BrN2O2. The Morgan fingerprint density at radius 3 is 2.45 bits per heavy atom. The molecule has 0 aromatic heterocycles. The van der Waals surface area contributed by atoms with E-state index in [9.17, 15) is 0 Å². The Kier molecular flexibility index (Phi) is 8.21. The normalized spacial score (nSPS) is 12.6. The Morgan fingerprint density at radius 1 is 1.14 bits per heavy atom. The molecule has 5 heteroatoms. The molecule has 0 fully saturated rings. The number of hydrogen-bond acceptors (Lipinski definition) is 4. The van der Waals surface area contributed by atoms with E-state index in [0.29, 0.717) is 18.2 Å². The maximum atomic E-state index is 6.55. The molecule has 0 aliphatic rings. The SMILES string of the molecule is COc1ccc(CN/C(=C(N)/C=C(\C)C(C)C)c2ccc(Br)cc2C)c(OC)c1. The third-order valence-electron chi connectivity index (χ3n) is 4.99. The summed E-state index contributed by atoms with van der Waals surface area (Å²) in [6.07, 6.45) is 2.06. The van der Waals surface area contributed by atoms with Crippen molar-refractivity contribution in [1.82, 2.24) is 5.32 Å². The summed E-state index contributed by atoms with van der Waals surface area (Å²) in [5, 5.41) is 3.54. The summed E-state index contributed by atoms with van der Waals surface area (Å²) in [7, 11) is 3.31. The minimum Gasteiger partial charge on any atom is -0.497 e. The van der Waals surface area contributed by atoms with Crippen molar-refractivity contribution in [3.05, 3.63) is 74.9 Å². The third-order valence-corrected chi connectivity index (χ3v) is 5.48. The Morgan fingerprint density at radius 2 is 1.86 bits per heavy atom. The summed E-state index contributed by atoms with van der Waals surface area (Å²) in [4.78, 5) is 0. The quantitative estimate of drug-likeness (QED) is 0.491. The Hall–Kier alpha value is -2.40. The van der Waals surface area contributed by atoms with Gasteiger partial charge in [-0.3, -0.25) is 0 Å². The lowest BCUT2D eigenvalue weighted by Crippen LogP contribution is -2.18. The van der Waals surface area contributed by atoms with Gasteiger partial charge in [-0.25, -0.2) is 0 Å². The zero-order valence-corrected chi connectivity index (χ0v) is 19.7. The summed E-state index contributed by atoms with van der Waals surface area (Å²) in [5.41, 5.74) is 12.7. The van der Waals surface area contributed by atoms with Gasteiger partial charge in [0.25, 0.3) is 0 Å². The molecule has 0 spiro atoms. The van der Waals surface area contributed by atoms with Gasteiger partial charge in [0.1, 0.15) is 11.5 Å². The number of nitrogens with two attached hydrogens (primary N) is 1. The third kappa shape index (κ3) is 6.04. The van der Waals surface area contributed by atoms with Gasteiger partial charge in [-0.2, -0.15) is 0 Å². The number of halogens is 1. The molecule has 156 valence electrons. The molecule has 0 saturated carbocycles. The van der Waals surface area contributed by atoms with E-state index in [0.717, 1.165) is 38.4 Å². The van der Waals surface area contributed by atoms with Crippen molar-refractivity contribution in [2.75, 3.05) is 14.2 Å². The molecule has 2 aromatic rings. The second kappa shape index (κ2) is 10.4. The highest BCUT2D eigenvalue weighted by Gasteiger charge is 2.12. The summed E-state index contributed by atoms with van der Waals surface area (Å²) in [5.74, 6) is 1.97. The molecule has 2 aromatic carbocycles. The Balaban J connectivity index is 2.45. The minimum absolute atomic E-state index is 0.433. The molecule has 3 N–H and O–H groups in total. The molecule has 0 atom stereocenters. The first-order valence-electron chi connectivity index (χ1n) is 9.66. The summed E-state index contributed by atoms with van der Waals surface area (Å²) in [6.45, 7) is 9.10. The van der Waals surface area contributed by atoms with E-state index in [-0.39, 0.29) is 0 Å². The van der Waals surface area contributed by atoms with E-state index in [4.69, 9.17) is 15.2 Å². The van der Waals surface area contributed by atoms with Gasteiger partial charge in [-0.1, -0.05) is 41.4 Å². The van der Waals surface area contributed by atoms with Crippen LogP contribution in [0.3, 0.4) is 0 Å². The first-order chi connectivity index (χ1) is 13.8. The number of hydrogen-bond donors (Lipinski definition) is 2. The van der Waals surface area contributed by atoms with Crippen LogP contribution in [-0.4, -0.2) is 14.2 Å². The zero-order valence-electron chi connectivity index (χ0n) is 18.1. The van der Waals surface area contributed by atoms with Gasteiger partial charge in [-0.05, 0) is 55.7 Å². The number of methoxy groups -OCH3 is 2. The smallest absolute Gasteiger partial charge is 0.127 e. The lowest BCUT2D eigenvalue weighted by Gasteiger charge is -2.18. The number of nitrogens with one attached hydrogen (secondary N) is 1. The van der Waals surface area contributed by atoms with Crippen LogP contribution in [0, 0.1) is 12.8 Å². The predicted octanol–water partition coefficient (Wildman–Crippen LogP) is 5.79. The highest BCUT2D eigenvalue weighted by molar-refractivity contribution is 9.10. The average Bonchev–Trinajstić information content (AvgIpc) is 2.69. The van der Waals surface area contributed by atoms with E-state index in [1.165, 1.54) is 5.57 Å². The predicted molar refractivity (Wildman–Crippen MR) is 125 cm³/mol.